The van der Waals surface area contributed by atoms with Crippen LogP contribution in [0.1, 0.15) is 41.5 Å². The summed E-state index contributed by atoms with van der Waals surface area (Å²) in [7, 11) is 1.67. The van der Waals surface area contributed by atoms with E-state index in [1.54, 1.807) is 7.11 Å². The molecule has 1 saturated heterocycles. The van der Waals surface area contributed by atoms with Gasteiger partial charge in [-0.05, 0) is 72.7 Å². The number of nitrogens with one attached hydrogen (secondary N) is 1. The number of hydrogen-bond acceptors (Lipinski definition) is 4. The zero-order chi connectivity index (χ0) is 23.9. The topological polar surface area (TPSA) is 50.8 Å². The molecule has 5 nitrogen and oxygen atoms in total. The van der Waals surface area contributed by atoms with Crippen LogP contribution in [0.25, 0.3) is 0 Å². The number of nitrogens with zero attached hydrogens (tertiary/aromatic N) is 1. The van der Waals surface area contributed by atoms with Gasteiger partial charge in [0.1, 0.15) is 5.60 Å². The van der Waals surface area contributed by atoms with E-state index in [0.717, 1.165) is 30.4 Å². The maximum Gasteiger partial charge on any atom is 0.230 e. The molecule has 2 heterocycles. The summed E-state index contributed by atoms with van der Waals surface area (Å²) in [5.41, 5.74) is 2.26. The van der Waals surface area contributed by atoms with Crippen molar-refractivity contribution in [2.24, 2.45) is 5.92 Å². The number of amides is 1. The Kier molecular flexibility index (Phi) is 6.64. The van der Waals surface area contributed by atoms with E-state index in [0.29, 0.717) is 48.8 Å². The second-order valence-corrected chi connectivity index (χ2v) is 9.88. The zero-order valence-electron chi connectivity index (χ0n) is 19.2. The molecule has 2 aliphatic heterocycles. The van der Waals surface area contributed by atoms with Gasteiger partial charge in [0, 0.05) is 31.3 Å². The van der Waals surface area contributed by atoms with Gasteiger partial charge in [0.2, 0.25) is 5.91 Å². The van der Waals surface area contributed by atoms with Gasteiger partial charge in [-0.15, -0.1) is 0 Å². The third kappa shape index (κ3) is 4.35. The highest BCUT2D eigenvalue weighted by atomic mass is 35.5. The zero-order valence-corrected chi connectivity index (χ0v) is 20.0. The predicted octanol–water partition coefficient (Wildman–Crippen LogP) is 4.33. The average molecular weight is 491 g/mol. The second kappa shape index (κ2) is 9.53. The lowest BCUT2D eigenvalue weighted by atomic mass is 9.75. The van der Waals surface area contributed by atoms with E-state index in [1.807, 2.05) is 23.1 Å². The number of hydrogen-bond donors (Lipinski definition) is 1. The highest BCUT2D eigenvalue weighted by Crippen LogP contribution is 2.48. The first-order valence-corrected chi connectivity index (χ1v) is 12.2. The van der Waals surface area contributed by atoms with Crippen LogP contribution in [-0.2, 0) is 39.4 Å². The molecule has 182 valence electrons. The number of carbonyl (C=O) groups is 1. The Hall–Kier alpha value is -2.06. The number of carbonyl (C=O) groups excluding carboxylic acids is 1. The van der Waals surface area contributed by atoms with E-state index in [2.05, 4.69) is 5.32 Å². The number of fused-ring (bicyclic) bond motifs is 2. The van der Waals surface area contributed by atoms with Gasteiger partial charge in [-0.1, -0.05) is 23.7 Å². The van der Waals surface area contributed by atoms with Crippen molar-refractivity contribution in [2.75, 3.05) is 26.8 Å². The van der Waals surface area contributed by atoms with Crippen molar-refractivity contribution in [3.05, 3.63) is 69.2 Å². The van der Waals surface area contributed by atoms with Crippen LogP contribution in [0.4, 0.5) is 8.78 Å². The first-order valence-electron chi connectivity index (χ1n) is 11.8. The van der Waals surface area contributed by atoms with Gasteiger partial charge in [-0.25, -0.2) is 8.78 Å². The summed E-state index contributed by atoms with van der Waals surface area (Å²) in [6.45, 7) is 2.24. The predicted molar refractivity (Wildman–Crippen MR) is 124 cm³/mol. The average Bonchev–Trinajstić information content (AvgIpc) is 3.63. The van der Waals surface area contributed by atoms with E-state index in [1.165, 1.54) is 12.1 Å². The van der Waals surface area contributed by atoms with Gasteiger partial charge >= 0.3 is 0 Å². The minimum atomic E-state index is -0.955. The molecule has 1 amide bonds. The van der Waals surface area contributed by atoms with Gasteiger partial charge in [0.25, 0.3) is 0 Å². The van der Waals surface area contributed by atoms with Crippen LogP contribution >= 0.6 is 11.6 Å². The second-order valence-electron chi connectivity index (χ2n) is 9.47. The Morgan fingerprint density at radius 1 is 1.26 bits per heavy atom. The molecule has 3 aliphatic rings. The summed E-state index contributed by atoms with van der Waals surface area (Å²) in [4.78, 5) is 16.0. The van der Waals surface area contributed by atoms with Gasteiger partial charge in [-0.3, -0.25) is 4.79 Å². The lowest BCUT2D eigenvalue weighted by Gasteiger charge is -2.43. The number of methoxy groups -OCH3 is 1. The monoisotopic (exact) mass is 490 g/mol. The molecular formula is C26H29ClF2N2O3. The van der Waals surface area contributed by atoms with Crippen LogP contribution in [-0.4, -0.2) is 43.7 Å². The highest BCUT2D eigenvalue weighted by Gasteiger charge is 2.53. The molecule has 0 aromatic heterocycles. The van der Waals surface area contributed by atoms with Gasteiger partial charge in [0.05, 0.1) is 19.1 Å². The third-order valence-electron chi connectivity index (χ3n) is 7.29. The Balaban J connectivity index is 1.45. The summed E-state index contributed by atoms with van der Waals surface area (Å²) < 4.78 is 39.5. The van der Waals surface area contributed by atoms with Crippen LogP contribution in [0.3, 0.4) is 0 Å². The molecule has 0 radical (unpaired) electrons. The van der Waals surface area contributed by atoms with Crippen molar-refractivity contribution in [3.63, 3.8) is 0 Å². The van der Waals surface area contributed by atoms with Crippen LogP contribution in [0.2, 0.25) is 5.02 Å². The summed E-state index contributed by atoms with van der Waals surface area (Å²) in [6, 6.07) is 8.46. The van der Waals surface area contributed by atoms with Gasteiger partial charge in [0.15, 0.2) is 11.6 Å². The van der Waals surface area contributed by atoms with Gasteiger partial charge in [-0.2, -0.15) is 0 Å². The third-order valence-corrected chi connectivity index (χ3v) is 7.66. The largest absolute Gasteiger partial charge is 0.384 e. The molecule has 0 bridgehead atoms. The number of ether oxygens (including phenoxy) is 2. The molecule has 2 atom stereocenters. The molecule has 1 aliphatic carbocycles. The van der Waals surface area contributed by atoms with Crippen molar-refractivity contribution in [3.8, 4) is 0 Å². The maximum absolute atomic E-state index is 14.2. The molecule has 2 aromatic rings. The minimum absolute atomic E-state index is 0.0364. The fraction of sp³-hybridized carbons (Fsp3) is 0.500. The van der Waals surface area contributed by atoms with Crippen LogP contribution in [0, 0.1) is 17.6 Å². The molecule has 1 N–H and O–H groups in total. The maximum atomic E-state index is 14.2. The summed E-state index contributed by atoms with van der Waals surface area (Å²) in [6.07, 6.45) is 3.17. The molecule has 34 heavy (non-hydrogen) atoms. The van der Waals surface area contributed by atoms with E-state index in [4.69, 9.17) is 21.1 Å². The smallest absolute Gasteiger partial charge is 0.230 e. The summed E-state index contributed by atoms with van der Waals surface area (Å²) >= 11 is 6.53. The van der Waals surface area contributed by atoms with Crippen molar-refractivity contribution in [2.45, 2.75) is 50.5 Å². The summed E-state index contributed by atoms with van der Waals surface area (Å²) in [5, 5.41) is 3.93. The molecule has 8 heteroatoms. The Morgan fingerprint density at radius 3 is 2.82 bits per heavy atom. The lowest BCUT2D eigenvalue weighted by molar-refractivity contribution is -0.157. The molecular weight excluding hydrogens is 462 g/mol. The SMILES string of the molecule is COCCc1ccc(Cl)c(CN(C(=O)C2CNCC[C@@]23OCc2cc(F)c(F)cc23)C2CC2)c1. The highest BCUT2D eigenvalue weighted by molar-refractivity contribution is 6.31. The van der Waals surface area contributed by atoms with Crippen LogP contribution in [0.15, 0.2) is 30.3 Å². The molecule has 1 unspecified atom stereocenters. The number of benzene rings is 2. The summed E-state index contributed by atoms with van der Waals surface area (Å²) in [5.74, 6) is -2.38. The molecule has 5 rings (SSSR count). The van der Waals surface area contributed by atoms with Crippen molar-refractivity contribution in [1.29, 1.82) is 0 Å². The van der Waals surface area contributed by atoms with Crippen molar-refractivity contribution < 1.29 is 23.0 Å². The fourth-order valence-electron chi connectivity index (χ4n) is 5.31. The van der Waals surface area contributed by atoms with Crippen molar-refractivity contribution in [1.82, 2.24) is 10.2 Å². The Bertz CT molecular complexity index is 1090. The van der Waals surface area contributed by atoms with Gasteiger partial charge < -0.3 is 19.7 Å². The first kappa shape index (κ1) is 23.7. The normalized spacial score (nSPS) is 23.8. The van der Waals surface area contributed by atoms with E-state index >= 15 is 0 Å². The number of rotatable bonds is 7. The van der Waals surface area contributed by atoms with E-state index in [-0.39, 0.29) is 18.6 Å². The first-order chi connectivity index (χ1) is 16.4. The van der Waals surface area contributed by atoms with Crippen LogP contribution < -0.4 is 5.32 Å². The Labute approximate surface area is 203 Å². The quantitative estimate of drug-likeness (QED) is 0.627. The fourth-order valence-corrected chi connectivity index (χ4v) is 5.49. The molecule has 2 fully saturated rings. The number of halogens is 3. The minimum Gasteiger partial charge on any atom is -0.384 e. The lowest BCUT2D eigenvalue weighted by Crippen LogP contribution is -2.55. The van der Waals surface area contributed by atoms with Crippen molar-refractivity contribution >= 4 is 17.5 Å². The molecule has 1 saturated carbocycles. The molecule has 1 spiro atoms. The van der Waals surface area contributed by atoms with E-state index < -0.39 is 23.2 Å². The Morgan fingerprint density at radius 2 is 2.06 bits per heavy atom. The molecule has 2 aromatic carbocycles. The number of piperidine rings is 1. The standard InChI is InChI=1S/C26H29ClF2N2O3/c1-33-9-6-16-2-5-22(27)17(10-16)14-31(19-3-4-19)25(32)21-13-30-8-7-26(21)20-12-24(29)23(28)11-18(20)15-34-26/h2,5,10-12,19,21,30H,3-4,6-9,13-15H2,1H3/t21?,26-/m0/s1. The van der Waals surface area contributed by atoms with Crippen LogP contribution in [0.5, 0.6) is 0 Å². The van der Waals surface area contributed by atoms with E-state index in [9.17, 15) is 13.6 Å².